The first-order valence-electron chi connectivity index (χ1n) is 9.68. The van der Waals surface area contributed by atoms with E-state index in [2.05, 4.69) is 5.32 Å². The summed E-state index contributed by atoms with van der Waals surface area (Å²) >= 11 is 0.00831. The van der Waals surface area contributed by atoms with Gasteiger partial charge in [-0.2, -0.15) is 0 Å². The van der Waals surface area contributed by atoms with Crippen LogP contribution in [-0.2, 0) is 27.3 Å². The number of allylic oxidation sites excluding steroid dienone is 1. The molecule has 3 rings (SSSR count). The molecule has 1 aliphatic rings. The molecule has 0 aromatic heterocycles. The van der Waals surface area contributed by atoms with Crippen LogP contribution in [-0.4, -0.2) is 43.0 Å². The summed E-state index contributed by atoms with van der Waals surface area (Å²) in [6.45, 7) is 3.51. The maximum Gasteiger partial charge on any atom is 0.352 e. The molecule has 2 N–H and O–H groups in total. The van der Waals surface area contributed by atoms with Crippen molar-refractivity contribution in [2.45, 2.75) is 32.7 Å². The number of amides is 2. The normalized spacial score (nSPS) is 16.3. The second-order valence-corrected chi connectivity index (χ2v) is 7.87. The van der Waals surface area contributed by atoms with Gasteiger partial charge in [0.05, 0.1) is 0 Å². The molecule has 0 saturated carbocycles. The number of carboxylic acid groups (broad SMARTS) is 1. The molecule has 2 aromatic rings. The second-order valence-electron chi connectivity index (χ2n) is 7.29. The van der Waals surface area contributed by atoms with E-state index in [4.69, 9.17) is 0 Å². The highest BCUT2D eigenvalue weighted by atomic mass is 32.1. The Morgan fingerprint density at radius 1 is 1.10 bits per heavy atom. The number of nitrogens with zero attached hydrogens (tertiary/aromatic N) is 1. The van der Waals surface area contributed by atoms with Gasteiger partial charge in [-0.1, -0.05) is 48.0 Å². The largest absolute Gasteiger partial charge is 0.477 e. The molecule has 0 bridgehead atoms. The minimum atomic E-state index is -1.30. The van der Waals surface area contributed by atoms with Crippen LogP contribution in [0.2, 0.25) is 0 Å². The molecular formula is C23H22N2O5S. The van der Waals surface area contributed by atoms with Crippen LogP contribution in [0.5, 0.6) is 0 Å². The van der Waals surface area contributed by atoms with Crippen LogP contribution in [0.25, 0.3) is 0 Å². The minimum Gasteiger partial charge on any atom is -0.477 e. The van der Waals surface area contributed by atoms with Crippen molar-refractivity contribution in [3.8, 4) is 0 Å². The van der Waals surface area contributed by atoms with E-state index in [1.165, 1.54) is 0 Å². The zero-order valence-electron chi connectivity index (χ0n) is 17.1. The van der Waals surface area contributed by atoms with Crippen LogP contribution in [0, 0.1) is 6.92 Å². The van der Waals surface area contributed by atoms with Crippen LogP contribution in [0.1, 0.15) is 34.8 Å². The lowest BCUT2D eigenvalue weighted by molar-refractivity contribution is -0.139. The predicted molar refractivity (Wildman–Crippen MR) is 118 cm³/mol. The Balaban J connectivity index is 1.78. The first-order valence-corrected chi connectivity index (χ1v) is 10.4. The number of carboxylic acids is 1. The van der Waals surface area contributed by atoms with Crippen LogP contribution < -0.4 is 5.32 Å². The molecule has 1 saturated heterocycles. The number of β-lactam (4-membered cyclic amide) rings is 1. The van der Waals surface area contributed by atoms with Gasteiger partial charge >= 0.3 is 5.97 Å². The minimum absolute atomic E-state index is 0.00831. The highest BCUT2D eigenvalue weighted by Gasteiger charge is 2.49. The summed E-state index contributed by atoms with van der Waals surface area (Å²) in [6, 6.07) is 15.2. The number of likely N-dealkylation sites (tertiary alicyclic amines) is 1. The molecule has 1 fully saturated rings. The average Bonchev–Trinajstić information content (AvgIpc) is 2.77. The number of nitrogens with one attached hydrogen (secondary N) is 1. The Hall–Kier alpha value is -3.52. The smallest absolute Gasteiger partial charge is 0.352 e. The van der Waals surface area contributed by atoms with Crippen LogP contribution in [0.3, 0.4) is 0 Å². The fraction of sp³-hybridized carbons (Fsp3) is 0.217. The van der Waals surface area contributed by atoms with Crippen molar-refractivity contribution in [1.29, 1.82) is 0 Å². The third-order valence-corrected chi connectivity index (χ3v) is 5.66. The molecule has 1 unspecified atom stereocenters. The average molecular weight is 439 g/mol. The van der Waals surface area contributed by atoms with E-state index in [1.807, 2.05) is 37.3 Å². The number of carbonyl (C=O) groups is 3. The van der Waals surface area contributed by atoms with E-state index in [0.717, 1.165) is 16.0 Å². The Morgan fingerprint density at radius 2 is 1.74 bits per heavy atom. The van der Waals surface area contributed by atoms with E-state index in [-0.39, 0.29) is 21.9 Å². The molecule has 0 aliphatic carbocycles. The molecule has 31 heavy (non-hydrogen) atoms. The number of aryl methyl sites for hydroxylation is 2. The zero-order chi connectivity index (χ0) is 22.5. The standard InChI is InChI=1S/C23H22N2O5S/c1-14-8-12-17(13-9-14)20(26)24-18-21(27)25(22(18)31-30)19(23(28)29)15(2)10-11-16-6-4-3-5-7-16/h3-9,12-13,18H,10-11H2,1-2H3,(H,24,26)(H,28,29). The predicted octanol–water partition coefficient (Wildman–Crippen LogP) is 2.27. The molecule has 1 aliphatic heterocycles. The fourth-order valence-electron chi connectivity index (χ4n) is 3.32. The lowest BCUT2D eigenvalue weighted by Gasteiger charge is -2.39. The van der Waals surface area contributed by atoms with Gasteiger partial charge in [0.1, 0.15) is 17.0 Å². The number of aliphatic carboxylic acids is 1. The highest BCUT2D eigenvalue weighted by molar-refractivity contribution is 7.67. The van der Waals surface area contributed by atoms with Gasteiger partial charge in [-0.05, 0) is 50.0 Å². The Bertz CT molecular complexity index is 1100. The maximum absolute atomic E-state index is 12.7. The fourth-order valence-corrected chi connectivity index (χ4v) is 3.83. The number of benzene rings is 2. The van der Waals surface area contributed by atoms with Gasteiger partial charge in [-0.15, -0.1) is 0 Å². The SMILES string of the molecule is CC(CCc1ccccc1)=C(C(=O)O)N1C(=O)C(NC(=O)c2ccc(C)cc2)C1=S=O. The van der Waals surface area contributed by atoms with Crippen LogP contribution >= 0.6 is 0 Å². The highest BCUT2D eigenvalue weighted by Crippen LogP contribution is 2.25. The van der Waals surface area contributed by atoms with E-state index < -0.39 is 23.8 Å². The van der Waals surface area contributed by atoms with E-state index in [1.54, 1.807) is 31.2 Å². The van der Waals surface area contributed by atoms with Crippen LogP contribution in [0.4, 0.5) is 0 Å². The molecular weight excluding hydrogens is 416 g/mol. The second kappa shape index (κ2) is 9.53. The maximum atomic E-state index is 12.7. The Labute approximate surface area is 183 Å². The molecule has 7 nitrogen and oxygen atoms in total. The van der Waals surface area contributed by atoms with Gasteiger partial charge in [-0.25, -0.2) is 9.00 Å². The monoisotopic (exact) mass is 438 g/mol. The number of rotatable bonds is 7. The molecule has 2 aromatic carbocycles. The van der Waals surface area contributed by atoms with Crippen molar-refractivity contribution in [3.05, 3.63) is 82.6 Å². The summed E-state index contributed by atoms with van der Waals surface area (Å²) in [5.41, 5.74) is 2.60. The summed E-state index contributed by atoms with van der Waals surface area (Å²) in [7, 11) is 0. The third kappa shape index (κ3) is 4.80. The first kappa shape index (κ1) is 22.2. The van der Waals surface area contributed by atoms with Gasteiger partial charge in [0.2, 0.25) is 0 Å². The van der Waals surface area contributed by atoms with Crippen LogP contribution in [0.15, 0.2) is 65.9 Å². The lowest BCUT2D eigenvalue weighted by atomic mass is 9.99. The molecule has 0 radical (unpaired) electrons. The number of hydrogen-bond donors (Lipinski definition) is 2. The summed E-state index contributed by atoms with van der Waals surface area (Å²) in [5, 5.41) is 12.2. The molecule has 1 atom stereocenters. The topological polar surface area (TPSA) is 104 Å². The van der Waals surface area contributed by atoms with E-state index >= 15 is 0 Å². The van der Waals surface area contributed by atoms with Crippen molar-refractivity contribution >= 4 is 34.0 Å². The Morgan fingerprint density at radius 3 is 2.32 bits per heavy atom. The molecule has 8 heteroatoms. The van der Waals surface area contributed by atoms with Gasteiger partial charge in [0, 0.05) is 5.56 Å². The molecule has 0 spiro atoms. The van der Waals surface area contributed by atoms with Crippen molar-refractivity contribution < 1.29 is 23.7 Å². The van der Waals surface area contributed by atoms with Gasteiger partial charge in [0.15, 0.2) is 11.0 Å². The van der Waals surface area contributed by atoms with E-state index in [9.17, 15) is 23.7 Å². The number of carbonyl (C=O) groups excluding carboxylic acids is 2. The Kier molecular flexibility index (Phi) is 6.81. The summed E-state index contributed by atoms with van der Waals surface area (Å²) in [6.07, 6.45) is 1.01. The van der Waals surface area contributed by atoms with Gasteiger partial charge in [0.25, 0.3) is 11.8 Å². The van der Waals surface area contributed by atoms with Gasteiger partial charge in [-0.3, -0.25) is 14.5 Å². The van der Waals surface area contributed by atoms with Crippen molar-refractivity contribution in [3.63, 3.8) is 0 Å². The summed E-state index contributed by atoms with van der Waals surface area (Å²) < 4.78 is 11.7. The third-order valence-electron chi connectivity index (χ3n) is 5.07. The zero-order valence-corrected chi connectivity index (χ0v) is 17.9. The number of hydrogen-bond acceptors (Lipinski definition) is 4. The van der Waals surface area contributed by atoms with Crippen molar-refractivity contribution in [1.82, 2.24) is 10.2 Å². The summed E-state index contributed by atoms with van der Waals surface area (Å²) in [4.78, 5) is 37.9. The molecule has 2 amide bonds. The molecule has 160 valence electrons. The van der Waals surface area contributed by atoms with Gasteiger partial charge < -0.3 is 10.4 Å². The quantitative estimate of drug-likeness (QED) is 0.392. The van der Waals surface area contributed by atoms with Crippen molar-refractivity contribution in [2.75, 3.05) is 0 Å². The van der Waals surface area contributed by atoms with Crippen molar-refractivity contribution in [2.24, 2.45) is 0 Å². The lowest BCUT2D eigenvalue weighted by Crippen LogP contribution is -2.68. The first-order chi connectivity index (χ1) is 14.8. The summed E-state index contributed by atoms with van der Waals surface area (Å²) in [5.74, 6) is -2.45. The van der Waals surface area contributed by atoms with E-state index in [0.29, 0.717) is 24.0 Å². The molecule has 1 heterocycles.